The average Bonchev–Trinajstić information content (AvgIpc) is 3.38. The van der Waals surface area contributed by atoms with E-state index >= 15 is 0 Å². The van der Waals surface area contributed by atoms with Crippen molar-refractivity contribution >= 4 is 40.6 Å². The minimum absolute atomic E-state index is 0.0710. The lowest BCUT2D eigenvalue weighted by Crippen LogP contribution is -2.41. The Kier molecular flexibility index (Phi) is 6.51. The Hall–Kier alpha value is -3.04. The Morgan fingerprint density at radius 3 is 2.57 bits per heavy atom. The van der Waals surface area contributed by atoms with Gasteiger partial charge in [-0.2, -0.15) is 0 Å². The van der Waals surface area contributed by atoms with Crippen molar-refractivity contribution in [2.24, 2.45) is 0 Å². The summed E-state index contributed by atoms with van der Waals surface area (Å²) in [5.41, 5.74) is 1.03. The van der Waals surface area contributed by atoms with Gasteiger partial charge in [-0.3, -0.25) is 14.9 Å². The molecule has 9 heteroatoms. The van der Waals surface area contributed by atoms with Crippen molar-refractivity contribution in [1.29, 1.82) is 0 Å². The van der Waals surface area contributed by atoms with Gasteiger partial charge in [-0.15, -0.1) is 22.7 Å². The fraction of sp³-hybridized carbons (Fsp3) is 0.158. The number of imide groups is 1. The second kappa shape index (κ2) is 9.25. The summed E-state index contributed by atoms with van der Waals surface area (Å²) in [6.07, 6.45) is -1.31. The van der Waals surface area contributed by atoms with E-state index in [1.807, 2.05) is 17.5 Å². The Morgan fingerprint density at radius 1 is 1.11 bits per heavy atom. The van der Waals surface area contributed by atoms with E-state index in [1.165, 1.54) is 18.4 Å². The van der Waals surface area contributed by atoms with Gasteiger partial charge in [0.2, 0.25) is 6.10 Å². The summed E-state index contributed by atoms with van der Waals surface area (Å²) < 4.78 is 5.38. The third-order valence-electron chi connectivity index (χ3n) is 3.66. The number of ether oxygens (including phenoxy) is 1. The molecule has 1 aromatic carbocycles. The average molecular weight is 415 g/mol. The molecule has 3 amide bonds. The first-order valence-electron chi connectivity index (χ1n) is 8.32. The molecular weight excluding hydrogens is 398 g/mol. The number of urea groups is 1. The lowest BCUT2D eigenvalue weighted by molar-refractivity contribution is -0.155. The van der Waals surface area contributed by atoms with Gasteiger partial charge in [0.05, 0.1) is 17.0 Å². The zero-order valence-electron chi connectivity index (χ0n) is 14.9. The Morgan fingerprint density at radius 2 is 1.89 bits per heavy atom. The second-order valence-electron chi connectivity index (χ2n) is 5.65. The quantitative estimate of drug-likeness (QED) is 0.603. The van der Waals surface area contributed by atoms with Crippen molar-refractivity contribution in [2.45, 2.75) is 12.5 Å². The van der Waals surface area contributed by atoms with Crippen molar-refractivity contribution in [3.63, 3.8) is 0 Å². The molecule has 2 heterocycles. The summed E-state index contributed by atoms with van der Waals surface area (Å²) in [4.78, 5) is 41.7. The lowest BCUT2D eigenvalue weighted by Gasteiger charge is -2.17. The second-order valence-corrected chi connectivity index (χ2v) is 7.45. The largest absolute Gasteiger partial charge is 0.447 e. The molecule has 144 valence electrons. The maximum Gasteiger partial charge on any atom is 0.321 e. The van der Waals surface area contributed by atoms with E-state index in [-0.39, 0.29) is 6.42 Å². The first kappa shape index (κ1) is 19.7. The number of thiazole rings is 1. The van der Waals surface area contributed by atoms with Gasteiger partial charge < -0.3 is 10.1 Å². The minimum Gasteiger partial charge on any atom is -0.447 e. The van der Waals surface area contributed by atoms with Crippen LogP contribution in [0, 0.1) is 0 Å². The molecule has 2 N–H and O–H groups in total. The molecule has 0 aliphatic carbocycles. The van der Waals surface area contributed by atoms with Gasteiger partial charge in [0.25, 0.3) is 5.91 Å². The lowest BCUT2D eigenvalue weighted by atomic mass is 10.1. The molecule has 0 fully saturated rings. The van der Waals surface area contributed by atoms with E-state index in [2.05, 4.69) is 15.6 Å². The van der Waals surface area contributed by atoms with Crippen LogP contribution in [0.1, 0.15) is 17.4 Å². The van der Waals surface area contributed by atoms with E-state index in [1.54, 1.807) is 47.0 Å². The number of esters is 1. The number of hydrogen-bond acceptors (Lipinski definition) is 7. The highest BCUT2D eigenvalue weighted by Gasteiger charge is 2.26. The highest BCUT2D eigenvalue weighted by molar-refractivity contribution is 7.20. The third-order valence-corrected chi connectivity index (χ3v) is 5.59. The van der Waals surface area contributed by atoms with Crippen LogP contribution in [0.5, 0.6) is 0 Å². The molecule has 2 aromatic heterocycles. The van der Waals surface area contributed by atoms with Crippen molar-refractivity contribution in [3.8, 4) is 9.88 Å². The predicted octanol–water partition coefficient (Wildman–Crippen LogP) is 3.15. The Bertz CT molecular complexity index is 955. The van der Waals surface area contributed by atoms with E-state index in [0.29, 0.717) is 11.3 Å². The first-order chi connectivity index (χ1) is 13.6. The van der Waals surface area contributed by atoms with Crippen molar-refractivity contribution < 1.29 is 19.1 Å². The van der Waals surface area contributed by atoms with Crippen molar-refractivity contribution in [1.82, 2.24) is 15.6 Å². The number of nitrogens with zero attached hydrogens (tertiary/aromatic N) is 1. The van der Waals surface area contributed by atoms with Crippen LogP contribution < -0.4 is 10.6 Å². The standard InChI is InChI=1S/C19H17N3O4S2/c1-20-19(25)22-17(24)16(12-6-3-2-4-7-12)26-15(23)10-13-11-28-18(21-13)14-8-5-9-27-14/h2-9,11,16H,10H2,1H3,(H2,20,22,24,25). The smallest absolute Gasteiger partial charge is 0.321 e. The predicted molar refractivity (Wildman–Crippen MR) is 107 cm³/mol. The van der Waals surface area contributed by atoms with E-state index < -0.39 is 24.0 Å². The van der Waals surface area contributed by atoms with Gasteiger partial charge in [-0.05, 0) is 11.4 Å². The number of nitrogens with one attached hydrogen (secondary N) is 2. The molecule has 3 aromatic rings. The topological polar surface area (TPSA) is 97.4 Å². The molecule has 0 aliphatic heterocycles. The SMILES string of the molecule is CNC(=O)NC(=O)C(OC(=O)Cc1csc(-c2cccs2)n1)c1ccccc1. The minimum atomic E-state index is -1.23. The molecule has 0 saturated heterocycles. The number of hydrogen-bond donors (Lipinski definition) is 2. The maximum atomic E-state index is 12.4. The number of benzene rings is 1. The van der Waals surface area contributed by atoms with Crippen LogP contribution in [0.4, 0.5) is 4.79 Å². The molecule has 1 unspecified atom stereocenters. The van der Waals surface area contributed by atoms with Crippen LogP contribution in [0.15, 0.2) is 53.2 Å². The molecule has 28 heavy (non-hydrogen) atoms. The van der Waals surface area contributed by atoms with Gasteiger partial charge >= 0.3 is 12.0 Å². The molecule has 0 aliphatic rings. The van der Waals surface area contributed by atoms with Gasteiger partial charge in [-0.1, -0.05) is 36.4 Å². The fourth-order valence-corrected chi connectivity index (χ4v) is 4.00. The summed E-state index contributed by atoms with van der Waals surface area (Å²) in [5.74, 6) is -1.33. The van der Waals surface area contributed by atoms with Crippen LogP contribution >= 0.6 is 22.7 Å². The summed E-state index contributed by atoms with van der Waals surface area (Å²) in [7, 11) is 1.39. The number of thiophene rings is 1. The van der Waals surface area contributed by atoms with Gasteiger partial charge in [0, 0.05) is 18.0 Å². The molecule has 0 radical (unpaired) electrons. The third kappa shape index (κ3) is 5.02. The molecule has 7 nitrogen and oxygen atoms in total. The van der Waals surface area contributed by atoms with Crippen LogP contribution in [-0.4, -0.2) is 29.9 Å². The van der Waals surface area contributed by atoms with E-state index in [9.17, 15) is 14.4 Å². The number of carbonyl (C=O) groups is 3. The summed E-state index contributed by atoms with van der Waals surface area (Å²) in [5, 5.41) is 9.01. The zero-order chi connectivity index (χ0) is 19.9. The molecule has 3 rings (SSSR count). The Labute approximate surface area is 169 Å². The molecule has 0 bridgehead atoms. The highest BCUT2D eigenvalue weighted by Crippen LogP contribution is 2.28. The van der Waals surface area contributed by atoms with Crippen LogP contribution in [-0.2, 0) is 20.7 Å². The number of rotatable bonds is 6. The molecule has 0 saturated carbocycles. The number of amides is 3. The monoisotopic (exact) mass is 415 g/mol. The normalized spacial score (nSPS) is 11.5. The van der Waals surface area contributed by atoms with Crippen LogP contribution in [0.2, 0.25) is 0 Å². The number of aromatic nitrogens is 1. The van der Waals surface area contributed by atoms with Gasteiger partial charge in [0.15, 0.2) is 0 Å². The van der Waals surface area contributed by atoms with Gasteiger partial charge in [-0.25, -0.2) is 9.78 Å². The summed E-state index contributed by atoms with van der Waals surface area (Å²) in [6.45, 7) is 0. The van der Waals surface area contributed by atoms with E-state index in [4.69, 9.17) is 4.74 Å². The summed E-state index contributed by atoms with van der Waals surface area (Å²) >= 11 is 3.01. The number of carbonyl (C=O) groups excluding carboxylic acids is 3. The fourth-order valence-electron chi connectivity index (χ4n) is 2.36. The molecular formula is C19H17N3O4S2. The highest BCUT2D eigenvalue weighted by atomic mass is 32.1. The van der Waals surface area contributed by atoms with Gasteiger partial charge in [0.1, 0.15) is 5.01 Å². The molecule has 0 spiro atoms. The van der Waals surface area contributed by atoms with E-state index in [0.717, 1.165) is 9.88 Å². The first-order valence-corrected chi connectivity index (χ1v) is 10.1. The van der Waals surface area contributed by atoms with Crippen LogP contribution in [0.3, 0.4) is 0 Å². The molecule has 1 atom stereocenters. The van der Waals surface area contributed by atoms with Crippen LogP contribution in [0.25, 0.3) is 9.88 Å². The summed E-state index contributed by atoms with van der Waals surface area (Å²) in [6, 6.07) is 11.7. The van der Waals surface area contributed by atoms with Crippen molar-refractivity contribution in [2.75, 3.05) is 7.05 Å². The maximum absolute atomic E-state index is 12.4. The Balaban J connectivity index is 1.70. The van der Waals surface area contributed by atoms with Crippen molar-refractivity contribution in [3.05, 3.63) is 64.5 Å². The zero-order valence-corrected chi connectivity index (χ0v) is 16.5.